The van der Waals surface area contributed by atoms with Crippen LogP contribution in [0.25, 0.3) is 0 Å². The van der Waals surface area contributed by atoms with Crippen LogP contribution in [0.1, 0.15) is 26.8 Å². The highest BCUT2D eigenvalue weighted by Gasteiger charge is 2.14. The molecule has 18 heavy (non-hydrogen) atoms. The van der Waals surface area contributed by atoms with Crippen molar-refractivity contribution in [3.8, 4) is 11.5 Å². The maximum Gasteiger partial charge on any atom is 0.415 e. The van der Waals surface area contributed by atoms with Gasteiger partial charge in [-0.3, -0.25) is 0 Å². The number of hydrogen-bond acceptors (Lipinski definition) is 3. The van der Waals surface area contributed by atoms with Crippen molar-refractivity contribution in [2.24, 2.45) is 0 Å². The Morgan fingerprint density at radius 3 is 2.28 bits per heavy atom. The van der Waals surface area contributed by atoms with E-state index >= 15 is 0 Å². The molecule has 0 fully saturated rings. The number of nitrogens with zero attached hydrogens (tertiary/aromatic N) is 1. The molecule has 0 spiro atoms. The zero-order valence-corrected chi connectivity index (χ0v) is 10.8. The number of methoxy groups -OCH3 is 1. The molecule has 0 unspecified atom stereocenters. The number of carbonyl (C=O) groups excluding carboxylic acids is 1. The lowest BCUT2D eigenvalue weighted by molar-refractivity contribution is 0.157. The number of hydrogen-bond donors (Lipinski definition) is 0. The molecule has 0 aliphatic heterocycles. The molecule has 0 saturated carbocycles. The van der Waals surface area contributed by atoms with Gasteiger partial charge in [-0.05, 0) is 32.9 Å². The topological polar surface area (TPSA) is 38.8 Å². The minimum absolute atomic E-state index is 0. The van der Waals surface area contributed by atoms with Gasteiger partial charge in [-0.15, -0.1) is 0 Å². The first-order chi connectivity index (χ1) is 8.13. The van der Waals surface area contributed by atoms with Crippen LogP contribution in [0.15, 0.2) is 18.2 Å². The Morgan fingerprint density at radius 2 is 1.78 bits per heavy atom. The second-order valence-corrected chi connectivity index (χ2v) is 3.62. The molecule has 4 heteroatoms. The fraction of sp³-hybridized carbons (Fsp3) is 0.500. The number of carbonyl (C=O) groups is 1. The van der Waals surface area contributed by atoms with Gasteiger partial charge < -0.3 is 14.4 Å². The highest BCUT2D eigenvalue weighted by atomic mass is 16.6. The van der Waals surface area contributed by atoms with Crippen LogP contribution in [0.5, 0.6) is 11.5 Å². The quantitative estimate of drug-likeness (QED) is 0.824. The molecular weight excluding hydrogens is 230 g/mol. The second-order valence-electron chi connectivity index (χ2n) is 3.62. The third kappa shape index (κ3) is 3.65. The molecule has 102 valence electrons. The molecule has 0 aliphatic rings. The van der Waals surface area contributed by atoms with Crippen LogP contribution in [-0.4, -0.2) is 31.2 Å². The van der Waals surface area contributed by atoms with E-state index in [2.05, 4.69) is 0 Å². The smallest absolute Gasteiger partial charge is 0.415 e. The summed E-state index contributed by atoms with van der Waals surface area (Å²) in [6, 6.07) is 5.40. The Kier molecular flexibility index (Phi) is 6.86. The first kappa shape index (κ1) is 16.3. The van der Waals surface area contributed by atoms with Gasteiger partial charge in [-0.25, -0.2) is 4.79 Å². The van der Waals surface area contributed by atoms with Gasteiger partial charge in [-0.2, -0.15) is 0 Å². The van der Waals surface area contributed by atoms with Crippen molar-refractivity contribution in [3.63, 3.8) is 0 Å². The van der Waals surface area contributed by atoms with E-state index in [9.17, 15) is 4.79 Å². The van der Waals surface area contributed by atoms with Crippen LogP contribution in [0.2, 0.25) is 0 Å². The summed E-state index contributed by atoms with van der Waals surface area (Å²) in [5.74, 6) is 1.26. The van der Waals surface area contributed by atoms with Gasteiger partial charge in [0.05, 0.1) is 7.11 Å². The summed E-state index contributed by atoms with van der Waals surface area (Å²) in [5.41, 5.74) is 0.829. The predicted molar refractivity (Wildman–Crippen MR) is 73.4 cm³/mol. The van der Waals surface area contributed by atoms with E-state index in [-0.39, 0.29) is 13.5 Å². The van der Waals surface area contributed by atoms with Crippen LogP contribution in [0.3, 0.4) is 0 Å². The van der Waals surface area contributed by atoms with Gasteiger partial charge in [0, 0.05) is 18.7 Å². The van der Waals surface area contributed by atoms with Crippen molar-refractivity contribution in [2.75, 3.05) is 20.2 Å². The van der Waals surface area contributed by atoms with Gasteiger partial charge >= 0.3 is 6.09 Å². The molecule has 0 aliphatic carbocycles. The second kappa shape index (κ2) is 7.58. The highest BCUT2D eigenvalue weighted by Crippen LogP contribution is 2.27. The summed E-state index contributed by atoms with van der Waals surface area (Å²) in [6.45, 7) is 6.98. The Morgan fingerprint density at radius 1 is 1.22 bits per heavy atom. The molecule has 1 amide bonds. The minimum atomic E-state index is -0.327. The Balaban J connectivity index is 0.00000289. The third-order valence-corrected chi connectivity index (χ3v) is 2.67. The normalized spacial score (nSPS) is 9.33. The van der Waals surface area contributed by atoms with Gasteiger partial charge in [0.1, 0.15) is 11.5 Å². The van der Waals surface area contributed by atoms with Crippen molar-refractivity contribution in [1.82, 2.24) is 4.90 Å². The highest BCUT2D eigenvalue weighted by molar-refractivity contribution is 5.71. The summed E-state index contributed by atoms with van der Waals surface area (Å²) in [4.78, 5) is 13.4. The van der Waals surface area contributed by atoms with Crippen molar-refractivity contribution in [1.29, 1.82) is 0 Å². The third-order valence-electron chi connectivity index (χ3n) is 2.67. The number of amides is 1. The maximum atomic E-state index is 11.8. The lowest BCUT2D eigenvalue weighted by atomic mass is 10.2. The van der Waals surface area contributed by atoms with E-state index in [0.29, 0.717) is 18.8 Å². The fourth-order valence-corrected chi connectivity index (χ4v) is 1.57. The summed E-state index contributed by atoms with van der Waals surface area (Å²) < 4.78 is 10.5. The first-order valence-electron chi connectivity index (χ1n) is 5.74. The number of benzene rings is 1. The molecule has 4 nitrogen and oxygen atoms in total. The predicted octanol–water partition coefficient (Wildman–Crippen LogP) is 3.48. The molecule has 0 bridgehead atoms. The van der Waals surface area contributed by atoms with Gasteiger partial charge in [-0.1, -0.05) is 13.5 Å². The molecule has 1 aromatic rings. The molecule has 0 radical (unpaired) electrons. The molecule has 0 atom stereocenters. The number of rotatable bonds is 4. The van der Waals surface area contributed by atoms with Crippen molar-refractivity contribution in [3.05, 3.63) is 23.8 Å². The largest absolute Gasteiger partial charge is 0.496 e. The number of ether oxygens (including phenoxy) is 2. The van der Waals surface area contributed by atoms with Gasteiger partial charge in [0.15, 0.2) is 0 Å². The van der Waals surface area contributed by atoms with Gasteiger partial charge in [0.2, 0.25) is 0 Å². The summed E-state index contributed by atoms with van der Waals surface area (Å²) in [5, 5.41) is 0. The minimum Gasteiger partial charge on any atom is -0.496 e. The van der Waals surface area contributed by atoms with Crippen LogP contribution >= 0.6 is 0 Å². The molecule has 0 saturated heterocycles. The molecule has 0 N–H and O–H groups in total. The molecule has 1 rings (SSSR count). The summed E-state index contributed by atoms with van der Waals surface area (Å²) >= 11 is 0. The molecule has 0 heterocycles. The van der Waals surface area contributed by atoms with Crippen LogP contribution < -0.4 is 9.47 Å². The van der Waals surface area contributed by atoms with Crippen LogP contribution in [-0.2, 0) is 0 Å². The van der Waals surface area contributed by atoms with Crippen LogP contribution in [0, 0.1) is 6.92 Å². The molecular formula is C14H23NO3. The van der Waals surface area contributed by atoms with Crippen molar-refractivity contribution in [2.45, 2.75) is 28.2 Å². The van der Waals surface area contributed by atoms with Gasteiger partial charge in [0.25, 0.3) is 0 Å². The van der Waals surface area contributed by atoms with E-state index in [0.717, 1.165) is 11.3 Å². The lowest BCUT2D eigenvalue weighted by Gasteiger charge is -2.19. The Hall–Kier alpha value is -1.71. The Labute approximate surface area is 110 Å². The summed E-state index contributed by atoms with van der Waals surface area (Å²) in [6.07, 6.45) is -0.327. The fourth-order valence-electron chi connectivity index (χ4n) is 1.57. The lowest BCUT2D eigenvalue weighted by Crippen LogP contribution is -2.33. The van der Waals surface area contributed by atoms with E-state index in [1.807, 2.05) is 26.8 Å². The SMILES string of the molecule is C.CCN(CC)C(=O)Oc1cccc(OC)c1C. The average Bonchev–Trinajstić information content (AvgIpc) is 2.33. The average molecular weight is 253 g/mol. The van der Waals surface area contributed by atoms with Crippen molar-refractivity contribution < 1.29 is 14.3 Å². The van der Waals surface area contributed by atoms with E-state index in [1.54, 1.807) is 24.1 Å². The summed E-state index contributed by atoms with van der Waals surface area (Å²) in [7, 11) is 1.60. The zero-order valence-electron chi connectivity index (χ0n) is 10.8. The Bertz CT molecular complexity index is 387. The zero-order chi connectivity index (χ0) is 12.8. The van der Waals surface area contributed by atoms with E-state index in [1.165, 1.54) is 0 Å². The van der Waals surface area contributed by atoms with Crippen molar-refractivity contribution >= 4 is 6.09 Å². The monoisotopic (exact) mass is 253 g/mol. The maximum absolute atomic E-state index is 11.8. The molecule has 1 aromatic carbocycles. The standard InChI is InChI=1S/C13H19NO3.CH4/c1-5-14(6-2)13(15)17-12-9-7-8-11(16-4)10(12)3;/h7-9H,5-6H2,1-4H3;1H4. The van der Waals surface area contributed by atoms with E-state index < -0.39 is 0 Å². The van der Waals surface area contributed by atoms with E-state index in [4.69, 9.17) is 9.47 Å². The molecule has 0 aromatic heterocycles. The first-order valence-corrected chi connectivity index (χ1v) is 5.74. The van der Waals surface area contributed by atoms with Crippen LogP contribution in [0.4, 0.5) is 4.79 Å².